The second-order valence-electron chi connectivity index (χ2n) is 5.26. The van der Waals surface area contributed by atoms with Gasteiger partial charge < -0.3 is 14.5 Å². The van der Waals surface area contributed by atoms with E-state index in [0.29, 0.717) is 26.1 Å². The number of nitriles is 1. The summed E-state index contributed by atoms with van der Waals surface area (Å²) in [5.74, 6) is 0.0172. The molecule has 0 radical (unpaired) electrons. The summed E-state index contributed by atoms with van der Waals surface area (Å²) in [6, 6.07) is 2.26. The van der Waals surface area contributed by atoms with Gasteiger partial charge in [0.2, 0.25) is 5.91 Å². The molecule has 0 bridgehead atoms. The maximum absolute atomic E-state index is 12.6. The van der Waals surface area contributed by atoms with E-state index in [9.17, 15) is 10.1 Å². The number of hydrogen-bond donors (Lipinski definition) is 0. The monoisotopic (exact) mass is 251 g/mol. The second kappa shape index (κ2) is 5.68. The Hall–Kier alpha value is -1.12. The summed E-state index contributed by atoms with van der Waals surface area (Å²) in [7, 11) is 2.07. The molecule has 2 aliphatic heterocycles. The highest BCUT2D eigenvalue weighted by atomic mass is 16.5. The molecule has 0 saturated carbocycles. The van der Waals surface area contributed by atoms with Crippen LogP contribution in [-0.2, 0) is 9.53 Å². The first-order valence-electron chi connectivity index (χ1n) is 6.65. The summed E-state index contributed by atoms with van der Waals surface area (Å²) in [6.45, 7) is 4.46. The molecule has 18 heavy (non-hydrogen) atoms. The van der Waals surface area contributed by atoms with Crippen LogP contribution in [0.1, 0.15) is 19.3 Å². The summed E-state index contributed by atoms with van der Waals surface area (Å²) in [6.07, 6.45) is 2.06. The van der Waals surface area contributed by atoms with E-state index < -0.39 is 5.41 Å². The molecule has 100 valence electrons. The fourth-order valence-electron chi connectivity index (χ4n) is 2.65. The van der Waals surface area contributed by atoms with Crippen LogP contribution in [0.25, 0.3) is 0 Å². The number of carbonyl (C=O) groups excluding carboxylic acids is 1. The van der Waals surface area contributed by atoms with Gasteiger partial charge in [0.25, 0.3) is 0 Å². The van der Waals surface area contributed by atoms with E-state index in [-0.39, 0.29) is 5.91 Å². The molecule has 5 heteroatoms. The fraction of sp³-hybridized carbons (Fsp3) is 0.846. The molecule has 0 aromatic rings. The van der Waals surface area contributed by atoms with Crippen molar-refractivity contribution in [2.75, 3.05) is 46.4 Å². The van der Waals surface area contributed by atoms with E-state index in [0.717, 1.165) is 32.6 Å². The van der Waals surface area contributed by atoms with Crippen LogP contribution in [-0.4, -0.2) is 62.1 Å². The number of likely N-dealkylation sites (N-methyl/N-ethyl adjacent to an activating group) is 1. The first kappa shape index (κ1) is 13.3. The maximum atomic E-state index is 12.6. The van der Waals surface area contributed by atoms with Gasteiger partial charge in [0.05, 0.1) is 6.07 Å². The third-order valence-electron chi connectivity index (χ3n) is 3.98. The Morgan fingerprint density at radius 3 is 2.61 bits per heavy atom. The minimum Gasteiger partial charge on any atom is -0.381 e. The molecule has 0 N–H and O–H groups in total. The highest BCUT2D eigenvalue weighted by Gasteiger charge is 2.43. The number of rotatable bonds is 1. The van der Waals surface area contributed by atoms with E-state index in [4.69, 9.17) is 4.74 Å². The lowest BCUT2D eigenvalue weighted by atomic mass is 9.80. The topological polar surface area (TPSA) is 56.6 Å². The average molecular weight is 251 g/mol. The number of nitrogens with zero attached hydrogens (tertiary/aromatic N) is 3. The summed E-state index contributed by atoms with van der Waals surface area (Å²) in [4.78, 5) is 16.7. The lowest BCUT2D eigenvalue weighted by Gasteiger charge is -2.34. The Bertz CT molecular complexity index is 345. The summed E-state index contributed by atoms with van der Waals surface area (Å²) in [5.41, 5.74) is -0.832. The third-order valence-corrected chi connectivity index (χ3v) is 3.98. The number of hydrogen-bond acceptors (Lipinski definition) is 4. The lowest BCUT2D eigenvalue weighted by molar-refractivity contribution is -0.143. The van der Waals surface area contributed by atoms with Gasteiger partial charge in [-0.05, 0) is 32.9 Å². The quantitative estimate of drug-likeness (QED) is 0.680. The molecule has 2 fully saturated rings. The van der Waals surface area contributed by atoms with E-state index in [1.807, 2.05) is 4.90 Å². The number of carbonyl (C=O) groups is 1. The Morgan fingerprint density at radius 2 is 1.94 bits per heavy atom. The van der Waals surface area contributed by atoms with Gasteiger partial charge in [0.15, 0.2) is 0 Å². The number of amides is 1. The SMILES string of the molecule is CN1CCCN(C(=O)C2(C#N)CCOCC2)CC1. The van der Waals surface area contributed by atoms with Crippen molar-refractivity contribution in [1.29, 1.82) is 5.26 Å². The average Bonchev–Trinajstić information content (AvgIpc) is 2.63. The van der Waals surface area contributed by atoms with Gasteiger partial charge in [0.1, 0.15) is 5.41 Å². The molecule has 2 aliphatic rings. The number of ether oxygens (including phenoxy) is 1. The van der Waals surface area contributed by atoms with Gasteiger partial charge >= 0.3 is 0 Å². The van der Waals surface area contributed by atoms with Crippen molar-refractivity contribution in [3.05, 3.63) is 0 Å². The van der Waals surface area contributed by atoms with Gasteiger partial charge in [-0.2, -0.15) is 5.26 Å². The Balaban J connectivity index is 2.06. The largest absolute Gasteiger partial charge is 0.381 e. The maximum Gasteiger partial charge on any atom is 0.243 e. The van der Waals surface area contributed by atoms with Crippen LogP contribution in [0, 0.1) is 16.7 Å². The second-order valence-corrected chi connectivity index (χ2v) is 5.26. The molecule has 0 atom stereocenters. The molecule has 5 nitrogen and oxygen atoms in total. The lowest BCUT2D eigenvalue weighted by Crippen LogP contribution is -2.47. The minimum absolute atomic E-state index is 0.0172. The van der Waals surface area contributed by atoms with Crippen molar-refractivity contribution in [2.24, 2.45) is 5.41 Å². The molecular formula is C13H21N3O2. The Labute approximate surface area is 108 Å². The highest BCUT2D eigenvalue weighted by molar-refractivity contribution is 5.85. The predicted molar refractivity (Wildman–Crippen MR) is 66.8 cm³/mol. The molecule has 2 rings (SSSR count). The molecule has 1 amide bonds. The molecule has 2 saturated heterocycles. The third kappa shape index (κ3) is 2.65. The zero-order valence-electron chi connectivity index (χ0n) is 11.0. The molecule has 0 aromatic heterocycles. The molecule has 0 unspecified atom stereocenters. The van der Waals surface area contributed by atoms with Gasteiger partial charge in [-0.25, -0.2) is 0 Å². The van der Waals surface area contributed by atoms with Gasteiger partial charge in [-0.3, -0.25) is 4.79 Å². The van der Waals surface area contributed by atoms with Crippen LogP contribution in [0.3, 0.4) is 0 Å². The van der Waals surface area contributed by atoms with Gasteiger partial charge in [0, 0.05) is 32.8 Å². The Kier molecular flexibility index (Phi) is 4.20. The predicted octanol–water partition coefficient (Wildman–Crippen LogP) is 0.471. The highest BCUT2D eigenvalue weighted by Crippen LogP contribution is 2.32. The fourth-order valence-corrected chi connectivity index (χ4v) is 2.65. The van der Waals surface area contributed by atoms with Gasteiger partial charge in [-0.15, -0.1) is 0 Å². The van der Waals surface area contributed by atoms with E-state index in [2.05, 4.69) is 18.0 Å². The minimum atomic E-state index is -0.832. The normalized spacial score (nSPS) is 25.2. The molecule has 0 spiro atoms. The van der Waals surface area contributed by atoms with E-state index in [1.165, 1.54) is 0 Å². The molecule has 0 aromatic carbocycles. The van der Waals surface area contributed by atoms with Crippen molar-refractivity contribution in [3.63, 3.8) is 0 Å². The molecular weight excluding hydrogens is 230 g/mol. The first-order chi connectivity index (χ1) is 8.68. The summed E-state index contributed by atoms with van der Waals surface area (Å²) >= 11 is 0. The molecule has 0 aliphatic carbocycles. The van der Waals surface area contributed by atoms with Crippen LogP contribution in [0.15, 0.2) is 0 Å². The summed E-state index contributed by atoms with van der Waals surface area (Å²) in [5, 5.41) is 9.40. The van der Waals surface area contributed by atoms with Crippen LogP contribution in [0.2, 0.25) is 0 Å². The van der Waals surface area contributed by atoms with Crippen LogP contribution < -0.4 is 0 Å². The van der Waals surface area contributed by atoms with Crippen LogP contribution in [0.5, 0.6) is 0 Å². The summed E-state index contributed by atoms with van der Waals surface area (Å²) < 4.78 is 5.28. The van der Waals surface area contributed by atoms with Crippen molar-refractivity contribution >= 4 is 5.91 Å². The van der Waals surface area contributed by atoms with Crippen molar-refractivity contribution in [1.82, 2.24) is 9.80 Å². The van der Waals surface area contributed by atoms with E-state index in [1.54, 1.807) is 0 Å². The van der Waals surface area contributed by atoms with Crippen molar-refractivity contribution in [2.45, 2.75) is 19.3 Å². The van der Waals surface area contributed by atoms with Gasteiger partial charge in [-0.1, -0.05) is 0 Å². The first-order valence-corrected chi connectivity index (χ1v) is 6.65. The standard InChI is InChI=1S/C13H21N3O2/c1-15-5-2-6-16(8-7-15)12(17)13(11-14)3-9-18-10-4-13/h2-10H2,1H3. The van der Waals surface area contributed by atoms with Crippen molar-refractivity contribution < 1.29 is 9.53 Å². The molecule has 2 heterocycles. The van der Waals surface area contributed by atoms with E-state index >= 15 is 0 Å². The van der Waals surface area contributed by atoms with Crippen LogP contribution >= 0.6 is 0 Å². The zero-order valence-corrected chi connectivity index (χ0v) is 11.0. The zero-order chi connectivity index (χ0) is 13.0. The van der Waals surface area contributed by atoms with Crippen LogP contribution in [0.4, 0.5) is 0 Å². The smallest absolute Gasteiger partial charge is 0.243 e. The Morgan fingerprint density at radius 1 is 1.22 bits per heavy atom. The van der Waals surface area contributed by atoms with Crippen molar-refractivity contribution in [3.8, 4) is 6.07 Å².